The Morgan fingerprint density at radius 3 is 2.21 bits per heavy atom. The van der Waals surface area contributed by atoms with Crippen LogP contribution < -0.4 is 5.32 Å². The van der Waals surface area contributed by atoms with Crippen molar-refractivity contribution in [3.05, 3.63) is 35.4 Å². The Kier molecular flexibility index (Phi) is 4.11. The summed E-state index contributed by atoms with van der Waals surface area (Å²) in [6, 6.07) is 9.21. The van der Waals surface area contributed by atoms with Gasteiger partial charge >= 0.3 is 0 Å². The Labute approximate surface area is 86.9 Å². The van der Waals surface area contributed by atoms with Gasteiger partial charge in [0.05, 0.1) is 0 Å². The predicted molar refractivity (Wildman–Crippen MR) is 61.5 cm³/mol. The van der Waals surface area contributed by atoms with Gasteiger partial charge in [0.2, 0.25) is 0 Å². The van der Waals surface area contributed by atoms with Gasteiger partial charge in [-0.1, -0.05) is 29.8 Å². The van der Waals surface area contributed by atoms with Crippen LogP contribution in [0.1, 0.15) is 17.2 Å². The molecule has 78 valence electrons. The summed E-state index contributed by atoms with van der Waals surface area (Å²) in [5, 5.41) is 3.22. The molecule has 0 heterocycles. The monoisotopic (exact) mass is 192 g/mol. The second-order valence-corrected chi connectivity index (χ2v) is 3.95. The molecule has 0 saturated carbocycles. The largest absolute Gasteiger partial charge is 0.318 e. The molecule has 1 rings (SSSR count). The molecule has 0 spiro atoms. The highest BCUT2D eigenvalue weighted by molar-refractivity contribution is 5.24. The van der Waals surface area contributed by atoms with Crippen LogP contribution in [0.4, 0.5) is 0 Å². The fourth-order valence-electron chi connectivity index (χ4n) is 1.58. The number of nitrogens with zero attached hydrogens (tertiary/aromatic N) is 1. The first kappa shape index (κ1) is 11.2. The lowest BCUT2D eigenvalue weighted by Crippen LogP contribution is -2.29. The van der Waals surface area contributed by atoms with Crippen molar-refractivity contribution in [3.8, 4) is 0 Å². The number of benzene rings is 1. The van der Waals surface area contributed by atoms with Gasteiger partial charge in [-0.05, 0) is 33.6 Å². The van der Waals surface area contributed by atoms with Crippen LogP contribution in [0.15, 0.2) is 24.3 Å². The second-order valence-electron chi connectivity index (χ2n) is 3.95. The lowest BCUT2D eigenvalue weighted by Gasteiger charge is -2.24. The molecule has 0 aliphatic rings. The molecule has 1 aromatic rings. The Morgan fingerprint density at radius 2 is 1.79 bits per heavy atom. The zero-order valence-electron chi connectivity index (χ0n) is 9.54. The smallest absolute Gasteiger partial charge is 0.0466 e. The fraction of sp³-hybridized carbons (Fsp3) is 0.500. The van der Waals surface area contributed by atoms with Crippen LogP contribution >= 0.6 is 0 Å². The van der Waals surface area contributed by atoms with Gasteiger partial charge in [0.1, 0.15) is 0 Å². The second kappa shape index (κ2) is 5.13. The number of hydrogen-bond acceptors (Lipinski definition) is 2. The van der Waals surface area contributed by atoms with Gasteiger partial charge in [0.25, 0.3) is 0 Å². The van der Waals surface area contributed by atoms with Gasteiger partial charge in [0.15, 0.2) is 0 Å². The lowest BCUT2D eigenvalue weighted by atomic mass is 10.0. The van der Waals surface area contributed by atoms with Crippen LogP contribution in [-0.2, 0) is 0 Å². The Hall–Kier alpha value is -0.860. The molecule has 1 atom stereocenters. The Balaban J connectivity index is 2.82. The van der Waals surface area contributed by atoms with E-state index in [1.54, 1.807) is 0 Å². The highest BCUT2D eigenvalue weighted by Crippen LogP contribution is 2.17. The molecule has 0 aromatic heterocycles. The average Bonchev–Trinajstić information content (AvgIpc) is 2.15. The van der Waals surface area contributed by atoms with E-state index in [1.165, 1.54) is 11.1 Å². The van der Waals surface area contributed by atoms with Crippen LogP contribution in [0, 0.1) is 6.92 Å². The standard InChI is InChI=1S/C12H20N2/c1-10-5-7-11(8-6-10)12(9-13-2)14(3)4/h5-8,12-13H,9H2,1-4H3. The first-order chi connectivity index (χ1) is 6.65. The molecule has 0 aliphatic heterocycles. The van der Waals surface area contributed by atoms with Crippen molar-refractivity contribution in [2.45, 2.75) is 13.0 Å². The fourth-order valence-corrected chi connectivity index (χ4v) is 1.58. The maximum Gasteiger partial charge on any atom is 0.0466 e. The Bertz CT molecular complexity index is 264. The number of likely N-dealkylation sites (N-methyl/N-ethyl adjacent to an activating group) is 2. The van der Waals surface area contributed by atoms with E-state index in [2.05, 4.69) is 55.5 Å². The van der Waals surface area contributed by atoms with Crippen molar-refractivity contribution >= 4 is 0 Å². The van der Waals surface area contributed by atoms with E-state index in [-0.39, 0.29) is 0 Å². The SMILES string of the molecule is CNCC(c1ccc(C)cc1)N(C)C. The van der Waals surface area contributed by atoms with Crippen molar-refractivity contribution < 1.29 is 0 Å². The predicted octanol–water partition coefficient (Wildman–Crippen LogP) is 1.82. The molecule has 1 N–H and O–H groups in total. The summed E-state index contributed by atoms with van der Waals surface area (Å²) in [6.07, 6.45) is 0. The van der Waals surface area contributed by atoms with Gasteiger partial charge in [-0.3, -0.25) is 0 Å². The normalized spacial score (nSPS) is 13.2. The molecule has 0 fully saturated rings. The van der Waals surface area contributed by atoms with Gasteiger partial charge < -0.3 is 10.2 Å². The molecule has 2 heteroatoms. The quantitative estimate of drug-likeness (QED) is 0.783. The maximum absolute atomic E-state index is 3.22. The third kappa shape index (κ3) is 2.82. The van der Waals surface area contributed by atoms with Crippen molar-refractivity contribution in [3.63, 3.8) is 0 Å². The third-order valence-corrected chi connectivity index (χ3v) is 2.48. The molecule has 0 radical (unpaired) electrons. The summed E-state index contributed by atoms with van der Waals surface area (Å²) in [7, 11) is 6.22. The molecular weight excluding hydrogens is 172 g/mol. The highest BCUT2D eigenvalue weighted by atomic mass is 15.1. The van der Waals surface area contributed by atoms with Crippen molar-refractivity contribution in [2.75, 3.05) is 27.7 Å². The molecule has 0 amide bonds. The molecule has 1 unspecified atom stereocenters. The maximum atomic E-state index is 3.22. The number of rotatable bonds is 4. The minimum atomic E-state index is 0.459. The van der Waals surface area contributed by atoms with E-state index >= 15 is 0 Å². The summed E-state index contributed by atoms with van der Waals surface area (Å²) in [6.45, 7) is 3.10. The minimum absolute atomic E-state index is 0.459. The van der Waals surface area contributed by atoms with Gasteiger partial charge in [-0.2, -0.15) is 0 Å². The van der Waals surface area contributed by atoms with E-state index in [0.29, 0.717) is 6.04 Å². The van der Waals surface area contributed by atoms with E-state index in [4.69, 9.17) is 0 Å². The highest BCUT2D eigenvalue weighted by Gasteiger charge is 2.11. The first-order valence-electron chi connectivity index (χ1n) is 5.02. The van der Waals surface area contributed by atoms with Gasteiger partial charge in [-0.15, -0.1) is 0 Å². The van der Waals surface area contributed by atoms with Crippen molar-refractivity contribution in [1.82, 2.24) is 10.2 Å². The zero-order chi connectivity index (χ0) is 10.6. The van der Waals surface area contributed by atoms with E-state index in [9.17, 15) is 0 Å². The number of nitrogens with one attached hydrogen (secondary N) is 1. The van der Waals surface area contributed by atoms with Gasteiger partial charge in [-0.25, -0.2) is 0 Å². The third-order valence-electron chi connectivity index (χ3n) is 2.48. The van der Waals surface area contributed by atoms with Gasteiger partial charge in [0, 0.05) is 12.6 Å². The summed E-state index contributed by atoms with van der Waals surface area (Å²) < 4.78 is 0. The van der Waals surface area contributed by atoms with Crippen molar-refractivity contribution in [2.24, 2.45) is 0 Å². The zero-order valence-corrected chi connectivity index (χ0v) is 9.54. The van der Waals surface area contributed by atoms with Crippen LogP contribution in [0.5, 0.6) is 0 Å². The molecule has 2 nitrogen and oxygen atoms in total. The van der Waals surface area contributed by atoms with Crippen LogP contribution in [0.2, 0.25) is 0 Å². The number of hydrogen-bond donors (Lipinski definition) is 1. The van der Waals surface area contributed by atoms with E-state index in [1.807, 2.05) is 7.05 Å². The summed E-state index contributed by atoms with van der Waals surface area (Å²) in [5.74, 6) is 0. The minimum Gasteiger partial charge on any atom is -0.318 e. The van der Waals surface area contributed by atoms with Crippen LogP contribution in [-0.4, -0.2) is 32.6 Å². The molecule has 14 heavy (non-hydrogen) atoms. The Morgan fingerprint density at radius 1 is 1.21 bits per heavy atom. The van der Waals surface area contributed by atoms with Crippen LogP contribution in [0.25, 0.3) is 0 Å². The number of aryl methyl sites for hydroxylation is 1. The van der Waals surface area contributed by atoms with E-state index < -0.39 is 0 Å². The first-order valence-corrected chi connectivity index (χ1v) is 5.02. The molecule has 1 aromatic carbocycles. The van der Waals surface area contributed by atoms with Crippen molar-refractivity contribution in [1.29, 1.82) is 0 Å². The van der Waals surface area contributed by atoms with Crippen LogP contribution in [0.3, 0.4) is 0 Å². The summed E-state index contributed by atoms with van der Waals surface area (Å²) in [4.78, 5) is 2.24. The van der Waals surface area contributed by atoms with E-state index in [0.717, 1.165) is 6.54 Å². The lowest BCUT2D eigenvalue weighted by molar-refractivity contribution is 0.294. The summed E-state index contributed by atoms with van der Waals surface area (Å²) in [5.41, 5.74) is 2.69. The summed E-state index contributed by atoms with van der Waals surface area (Å²) >= 11 is 0. The topological polar surface area (TPSA) is 15.3 Å². The molecule has 0 aliphatic carbocycles. The molecular formula is C12H20N2. The molecule has 0 bridgehead atoms. The molecule has 0 saturated heterocycles. The average molecular weight is 192 g/mol.